The number of sulfone groups is 1. The summed E-state index contributed by atoms with van der Waals surface area (Å²) in [7, 11) is -3.29. The molecule has 0 aliphatic carbocycles. The molecule has 148 valence electrons. The fourth-order valence-electron chi connectivity index (χ4n) is 3.08. The molecule has 0 saturated carbocycles. The molecule has 1 aromatic carbocycles. The zero-order valence-electron chi connectivity index (χ0n) is 16.6. The summed E-state index contributed by atoms with van der Waals surface area (Å²) >= 11 is 0. The first-order chi connectivity index (χ1) is 13.1. The molecule has 3 aromatic rings. The van der Waals surface area contributed by atoms with Crippen LogP contribution in [0, 0.1) is 0 Å². The van der Waals surface area contributed by atoms with Gasteiger partial charge in [0.1, 0.15) is 0 Å². The number of amides is 1. The van der Waals surface area contributed by atoms with Crippen molar-refractivity contribution in [1.82, 2.24) is 14.8 Å². The van der Waals surface area contributed by atoms with Gasteiger partial charge in [-0.25, -0.2) is 18.1 Å². The van der Waals surface area contributed by atoms with Crippen molar-refractivity contribution < 1.29 is 13.2 Å². The standard InChI is InChI=1S/C20H24N4O3S/c1-13(2)23(17-6-8-18(9-7-17)28(5,26)27)20(25)16-10-15-12-22-24(14(3)4)19(15)21-11-16/h6-14H,1-5H3. The van der Waals surface area contributed by atoms with Crippen molar-refractivity contribution in [2.75, 3.05) is 11.2 Å². The van der Waals surface area contributed by atoms with Gasteiger partial charge < -0.3 is 4.90 Å². The van der Waals surface area contributed by atoms with Crippen LogP contribution in [0.15, 0.2) is 47.6 Å². The van der Waals surface area contributed by atoms with Gasteiger partial charge in [0.15, 0.2) is 15.5 Å². The molecule has 2 aromatic heterocycles. The molecule has 0 aliphatic heterocycles. The van der Waals surface area contributed by atoms with Crippen molar-refractivity contribution in [2.24, 2.45) is 0 Å². The fourth-order valence-corrected chi connectivity index (χ4v) is 3.71. The van der Waals surface area contributed by atoms with Crippen molar-refractivity contribution in [3.05, 3.63) is 48.3 Å². The monoisotopic (exact) mass is 400 g/mol. The van der Waals surface area contributed by atoms with Crippen molar-refractivity contribution in [2.45, 2.75) is 44.7 Å². The summed E-state index contributed by atoms with van der Waals surface area (Å²) in [5.41, 5.74) is 1.82. The molecule has 0 fully saturated rings. The van der Waals surface area contributed by atoms with Crippen molar-refractivity contribution in [1.29, 1.82) is 0 Å². The van der Waals surface area contributed by atoms with Gasteiger partial charge in [-0.15, -0.1) is 0 Å². The Bertz CT molecular complexity index is 1120. The molecule has 1 amide bonds. The second kappa shape index (κ2) is 7.35. The van der Waals surface area contributed by atoms with Gasteiger partial charge in [-0.1, -0.05) is 0 Å². The van der Waals surface area contributed by atoms with Crippen LogP contribution in [0.1, 0.15) is 44.1 Å². The Kier molecular flexibility index (Phi) is 5.25. The van der Waals surface area contributed by atoms with Crippen LogP contribution in [0.2, 0.25) is 0 Å². The summed E-state index contributed by atoms with van der Waals surface area (Å²) in [6, 6.07) is 8.17. The van der Waals surface area contributed by atoms with Gasteiger partial charge in [0.25, 0.3) is 5.91 Å². The Hall–Kier alpha value is -2.74. The van der Waals surface area contributed by atoms with E-state index in [-0.39, 0.29) is 22.9 Å². The lowest BCUT2D eigenvalue weighted by molar-refractivity contribution is 0.0980. The van der Waals surface area contributed by atoms with Crippen LogP contribution in [0.25, 0.3) is 11.0 Å². The van der Waals surface area contributed by atoms with E-state index in [0.717, 1.165) is 17.3 Å². The molecule has 7 nitrogen and oxygen atoms in total. The van der Waals surface area contributed by atoms with Gasteiger partial charge in [-0.3, -0.25) is 4.79 Å². The van der Waals surface area contributed by atoms with Crippen molar-refractivity contribution in [3.63, 3.8) is 0 Å². The molecular weight excluding hydrogens is 376 g/mol. The zero-order chi connectivity index (χ0) is 20.6. The van der Waals surface area contributed by atoms with Gasteiger partial charge in [-0.05, 0) is 58.0 Å². The molecule has 0 unspecified atom stereocenters. The minimum Gasteiger partial charge on any atom is -0.306 e. The molecule has 0 atom stereocenters. The molecule has 28 heavy (non-hydrogen) atoms. The lowest BCUT2D eigenvalue weighted by Crippen LogP contribution is -2.37. The maximum Gasteiger partial charge on any atom is 0.260 e. The maximum absolute atomic E-state index is 13.2. The first-order valence-electron chi connectivity index (χ1n) is 9.06. The molecule has 0 radical (unpaired) electrons. The van der Waals surface area contributed by atoms with Crippen LogP contribution in [-0.2, 0) is 9.84 Å². The van der Waals surface area contributed by atoms with E-state index in [2.05, 4.69) is 10.1 Å². The summed E-state index contributed by atoms with van der Waals surface area (Å²) in [5.74, 6) is -0.200. The Morgan fingerprint density at radius 2 is 1.71 bits per heavy atom. The Morgan fingerprint density at radius 1 is 1.07 bits per heavy atom. The zero-order valence-corrected chi connectivity index (χ0v) is 17.4. The second-order valence-electron chi connectivity index (χ2n) is 7.35. The van der Waals surface area contributed by atoms with Crippen molar-refractivity contribution >= 4 is 32.5 Å². The van der Waals surface area contributed by atoms with E-state index in [1.807, 2.05) is 32.4 Å². The number of rotatable bonds is 5. The molecule has 3 rings (SSSR count). The molecule has 8 heteroatoms. The van der Waals surface area contributed by atoms with Crippen LogP contribution in [0.4, 0.5) is 5.69 Å². The van der Waals surface area contributed by atoms with E-state index in [4.69, 9.17) is 0 Å². The van der Waals surface area contributed by atoms with E-state index >= 15 is 0 Å². The number of carbonyl (C=O) groups excluding carboxylic acids is 1. The molecule has 0 aliphatic rings. The Balaban J connectivity index is 1.98. The number of fused-ring (bicyclic) bond motifs is 1. The summed E-state index contributed by atoms with van der Waals surface area (Å²) in [5, 5.41) is 5.14. The van der Waals surface area contributed by atoms with E-state index in [1.54, 1.807) is 35.5 Å². The van der Waals surface area contributed by atoms with Gasteiger partial charge in [-0.2, -0.15) is 5.10 Å². The van der Waals surface area contributed by atoms with Gasteiger partial charge >= 0.3 is 0 Å². The number of carbonyl (C=O) groups is 1. The molecule has 0 bridgehead atoms. The summed E-state index contributed by atoms with van der Waals surface area (Å²) in [4.78, 5) is 19.5. The topological polar surface area (TPSA) is 85.2 Å². The van der Waals surface area contributed by atoms with Crippen molar-refractivity contribution in [3.8, 4) is 0 Å². The Morgan fingerprint density at radius 3 is 2.25 bits per heavy atom. The summed E-state index contributed by atoms with van der Waals surface area (Å²) < 4.78 is 25.2. The normalized spacial score (nSPS) is 12.1. The highest BCUT2D eigenvalue weighted by Crippen LogP contribution is 2.24. The number of hydrogen-bond acceptors (Lipinski definition) is 5. The van der Waals surface area contributed by atoms with Gasteiger partial charge in [0.2, 0.25) is 0 Å². The van der Waals surface area contributed by atoms with Gasteiger partial charge in [0.05, 0.1) is 16.7 Å². The van der Waals surface area contributed by atoms with E-state index in [1.165, 1.54) is 12.1 Å². The summed E-state index contributed by atoms with van der Waals surface area (Å²) in [6.07, 6.45) is 4.43. The molecular formula is C20H24N4O3S. The lowest BCUT2D eigenvalue weighted by Gasteiger charge is -2.27. The minimum atomic E-state index is -3.29. The Labute approximate surface area is 164 Å². The third-order valence-electron chi connectivity index (χ3n) is 4.45. The van der Waals surface area contributed by atoms with E-state index < -0.39 is 9.84 Å². The third kappa shape index (κ3) is 3.77. The number of anilines is 1. The number of nitrogens with zero attached hydrogens (tertiary/aromatic N) is 4. The van der Waals surface area contributed by atoms with Gasteiger partial charge in [0, 0.05) is 35.6 Å². The lowest BCUT2D eigenvalue weighted by atomic mass is 10.1. The van der Waals surface area contributed by atoms with Crippen LogP contribution in [0.3, 0.4) is 0 Å². The highest BCUT2D eigenvalue weighted by molar-refractivity contribution is 7.90. The number of benzene rings is 1. The SMILES string of the molecule is CC(C)N(C(=O)c1cnc2c(cnn2C(C)C)c1)c1ccc(S(C)(=O)=O)cc1. The first kappa shape index (κ1) is 20.0. The minimum absolute atomic E-state index is 0.120. The molecule has 2 heterocycles. The van der Waals surface area contributed by atoms with E-state index in [9.17, 15) is 13.2 Å². The van der Waals surface area contributed by atoms with Crippen LogP contribution in [-0.4, -0.2) is 41.4 Å². The largest absolute Gasteiger partial charge is 0.306 e. The van der Waals surface area contributed by atoms with E-state index in [0.29, 0.717) is 11.3 Å². The maximum atomic E-state index is 13.2. The highest BCUT2D eigenvalue weighted by atomic mass is 32.2. The second-order valence-corrected chi connectivity index (χ2v) is 9.37. The first-order valence-corrected chi connectivity index (χ1v) is 11.0. The number of pyridine rings is 1. The molecule has 0 N–H and O–H groups in total. The van der Waals surface area contributed by atoms with Crippen LogP contribution in [0.5, 0.6) is 0 Å². The van der Waals surface area contributed by atoms with Crippen LogP contribution < -0.4 is 4.90 Å². The van der Waals surface area contributed by atoms with Crippen LogP contribution >= 0.6 is 0 Å². The quantitative estimate of drug-likeness (QED) is 0.655. The predicted octanol–water partition coefficient (Wildman–Crippen LogP) is 3.47. The third-order valence-corrected chi connectivity index (χ3v) is 5.58. The predicted molar refractivity (Wildman–Crippen MR) is 109 cm³/mol. The average Bonchev–Trinajstić information content (AvgIpc) is 3.04. The smallest absolute Gasteiger partial charge is 0.260 e. The highest BCUT2D eigenvalue weighted by Gasteiger charge is 2.22. The molecule has 0 spiro atoms. The average molecular weight is 401 g/mol. The number of aromatic nitrogens is 3. The fraction of sp³-hybridized carbons (Fsp3) is 0.350. The summed E-state index contributed by atoms with van der Waals surface area (Å²) in [6.45, 7) is 7.86. The molecule has 0 saturated heterocycles. The number of hydrogen-bond donors (Lipinski definition) is 0.